The van der Waals surface area contributed by atoms with Crippen LogP contribution in [0.1, 0.15) is 34.5 Å². The van der Waals surface area contributed by atoms with Crippen molar-refractivity contribution in [2.24, 2.45) is 0 Å². The fourth-order valence-corrected chi connectivity index (χ4v) is 2.39. The molecular weight excluding hydrogens is 292 g/mol. The zero-order valence-corrected chi connectivity index (χ0v) is 12.7. The number of nitrogens with one attached hydrogen (secondary N) is 1. The van der Waals surface area contributed by atoms with E-state index in [1.54, 1.807) is 24.3 Å². The van der Waals surface area contributed by atoms with Crippen LogP contribution in [0.15, 0.2) is 42.5 Å². The molecule has 0 bridgehead atoms. The van der Waals surface area contributed by atoms with E-state index in [1.165, 1.54) is 0 Å². The molecule has 0 aliphatic carbocycles. The summed E-state index contributed by atoms with van der Waals surface area (Å²) in [5, 5.41) is 11.7. The molecule has 0 radical (unpaired) electrons. The molecule has 1 aliphatic rings. The first kappa shape index (κ1) is 14.9. The number of carbonyl (C=O) groups is 1. The molecule has 2 aromatic rings. The van der Waals surface area contributed by atoms with Gasteiger partial charge in [0, 0.05) is 5.56 Å². The van der Waals surface area contributed by atoms with E-state index in [-0.39, 0.29) is 11.9 Å². The third-order valence-corrected chi connectivity index (χ3v) is 3.69. The standard InChI is InChI=1S/C18H16N2O3/c1-12(15-6-7-16-17(10-15)23-9-8-22-16)20-18(21)14-4-2-13(11-19)3-5-14/h2-7,10,12H,8-9H2,1H3,(H,20,21). The second-order valence-electron chi connectivity index (χ2n) is 5.29. The highest BCUT2D eigenvalue weighted by molar-refractivity contribution is 5.94. The highest BCUT2D eigenvalue weighted by atomic mass is 16.6. The van der Waals surface area contributed by atoms with Crippen LogP contribution in [0.25, 0.3) is 0 Å². The van der Waals surface area contributed by atoms with Crippen LogP contribution in [0.5, 0.6) is 11.5 Å². The number of ether oxygens (including phenoxy) is 2. The topological polar surface area (TPSA) is 71.4 Å². The van der Waals surface area contributed by atoms with Crippen molar-refractivity contribution < 1.29 is 14.3 Å². The number of fused-ring (bicyclic) bond motifs is 1. The van der Waals surface area contributed by atoms with Gasteiger partial charge in [-0.05, 0) is 48.9 Å². The molecule has 1 heterocycles. The SMILES string of the molecule is CC(NC(=O)c1ccc(C#N)cc1)c1ccc2c(c1)OCCO2. The molecule has 0 saturated heterocycles. The molecular formula is C18H16N2O3. The Morgan fingerprint density at radius 1 is 1.13 bits per heavy atom. The number of nitriles is 1. The van der Waals surface area contributed by atoms with Crippen molar-refractivity contribution in [2.45, 2.75) is 13.0 Å². The molecule has 1 amide bonds. The van der Waals surface area contributed by atoms with Crippen molar-refractivity contribution in [3.05, 3.63) is 59.2 Å². The lowest BCUT2D eigenvalue weighted by atomic mass is 10.1. The van der Waals surface area contributed by atoms with Gasteiger partial charge in [-0.15, -0.1) is 0 Å². The van der Waals surface area contributed by atoms with Gasteiger partial charge in [-0.3, -0.25) is 4.79 Å². The maximum atomic E-state index is 12.3. The van der Waals surface area contributed by atoms with Gasteiger partial charge in [0.1, 0.15) is 13.2 Å². The second-order valence-corrected chi connectivity index (χ2v) is 5.29. The zero-order chi connectivity index (χ0) is 16.2. The summed E-state index contributed by atoms with van der Waals surface area (Å²) in [5.41, 5.74) is 1.99. The Labute approximate surface area is 134 Å². The fourth-order valence-electron chi connectivity index (χ4n) is 2.39. The molecule has 1 unspecified atom stereocenters. The average Bonchev–Trinajstić information content (AvgIpc) is 2.61. The van der Waals surface area contributed by atoms with Crippen molar-refractivity contribution >= 4 is 5.91 Å². The van der Waals surface area contributed by atoms with Gasteiger partial charge in [-0.2, -0.15) is 5.26 Å². The third-order valence-electron chi connectivity index (χ3n) is 3.69. The molecule has 0 aromatic heterocycles. The van der Waals surface area contributed by atoms with Gasteiger partial charge in [0.2, 0.25) is 0 Å². The van der Waals surface area contributed by atoms with Crippen molar-refractivity contribution in [1.82, 2.24) is 5.32 Å². The Morgan fingerprint density at radius 2 is 1.83 bits per heavy atom. The molecule has 0 fully saturated rings. The average molecular weight is 308 g/mol. The van der Waals surface area contributed by atoms with E-state index in [0.717, 1.165) is 11.3 Å². The van der Waals surface area contributed by atoms with Crippen LogP contribution in [0.4, 0.5) is 0 Å². The fraction of sp³-hybridized carbons (Fsp3) is 0.222. The van der Waals surface area contributed by atoms with E-state index in [0.29, 0.717) is 30.1 Å². The third kappa shape index (κ3) is 3.27. The highest BCUT2D eigenvalue weighted by Crippen LogP contribution is 2.32. The minimum Gasteiger partial charge on any atom is -0.486 e. The Hall–Kier alpha value is -3.00. The summed E-state index contributed by atoms with van der Waals surface area (Å²) in [6.45, 7) is 2.99. The number of nitrogens with zero attached hydrogens (tertiary/aromatic N) is 1. The smallest absolute Gasteiger partial charge is 0.251 e. The van der Waals surface area contributed by atoms with Crippen LogP contribution in [-0.2, 0) is 0 Å². The summed E-state index contributed by atoms with van der Waals surface area (Å²) in [4.78, 5) is 12.3. The van der Waals surface area contributed by atoms with Gasteiger partial charge in [0.25, 0.3) is 5.91 Å². The Bertz CT molecular complexity index is 763. The number of amides is 1. The summed E-state index contributed by atoms with van der Waals surface area (Å²) >= 11 is 0. The van der Waals surface area contributed by atoms with Crippen LogP contribution in [-0.4, -0.2) is 19.1 Å². The predicted molar refractivity (Wildman–Crippen MR) is 84.5 cm³/mol. The summed E-state index contributed by atoms with van der Waals surface area (Å²) < 4.78 is 11.1. The molecule has 5 nitrogen and oxygen atoms in total. The van der Waals surface area contributed by atoms with Gasteiger partial charge >= 0.3 is 0 Å². The second kappa shape index (κ2) is 6.41. The summed E-state index contributed by atoms with van der Waals surface area (Å²) in [6.07, 6.45) is 0. The lowest BCUT2D eigenvalue weighted by molar-refractivity contribution is 0.0939. The van der Waals surface area contributed by atoms with Crippen molar-refractivity contribution in [3.8, 4) is 17.6 Å². The molecule has 0 saturated carbocycles. The van der Waals surface area contributed by atoms with Crippen molar-refractivity contribution in [3.63, 3.8) is 0 Å². The Balaban J connectivity index is 1.71. The van der Waals surface area contributed by atoms with E-state index in [1.807, 2.05) is 31.2 Å². The van der Waals surface area contributed by atoms with E-state index >= 15 is 0 Å². The molecule has 2 aromatic carbocycles. The summed E-state index contributed by atoms with van der Waals surface area (Å²) in [5.74, 6) is 1.25. The van der Waals surface area contributed by atoms with Gasteiger partial charge in [-0.25, -0.2) is 0 Å². The quantitative estimate of drug-likeness (QED) is 0.946. The van der Waals surface area contributed by atoms with Crippen molar-refractivity contribution in [1.29, 1.82) is 5.26 Å². The van der Waals surface area contributed by atoms with Crippen molar-refractivity contribution in [2.75, 3.05) is 13.2 Å². The summed E-state index contributed by atoms with van der Waals surface area (Å²) in [6, 6.07) is 14.1. The zero-order valence-electron chi connectivity index (χ0n) is 12.7. The first-order chi connectivity index (χ1) is 11.2. The van der Waals surface area contributed by atoms with Crippen LogP contribution < -0.4 is 14.8 Å². The van der Waals surface area contributed by atoms with Gasteiger partial charge in [0.15, 0.2) is 11.5 Å². The molecule has 23 heavy (non-hydrogen) atoms. The number of benzene rings is 2. The molecule has 0 spiro atoms. The first-order valence-corrected chi connectivity index (χ1v) is 7.38. The number of rotatable bonds is 3. The van der Waals surface area contributed by atoms with Crippen LogP contribution in [0, 0.1) is 11.3 Å². The largest absolute Gasteiger partial charge is 0.486 e. The maximum absolute atomic E-state index is 12.3. The maximum Gasteiger partial charge on any atom is 0.251 e. The minimum atomic E-state index is -0.183. The van der Waals surface area contributed by atoms with Crippen LogP contribution >= 0.6 is 0 Å². The molecule has 1 atom stereocenters. The highest BCUT2D eigenvalue weighted by Gasteiger charge is 2.16. The number of hydrogen-bond donors (Lipinski definition) is 1. The predicted octanol–water partition coefficient (Wildman–Crippen LogP) is 2.82. The van der Waals surface area contributed by atoms with Crippen LogP contribution in [0.2, 0.25) is 0 Å². The molecule has 5 heteroatoms. The lowest BCUT2D eigenvalue weighted by Gasteiger charge is -2.21. The van der Waals surface area contributed by atoms with Gasteiger partial charge in [0.05, 0.1) is 17.7 Å². The molecule has 1 aliphatic heterocycles. The number of carbonyl (C=O) groups excluding carboxylic acids is 1. The molecule has 1 N–H and O–H groups in total. The molecule has 116 valence electrons. The molecule has 3 rings (SSSR count). The monoisotopic (exact) mass is 308 g/mol. The van der Waals surface area contributed by atoms with E-state index in [2.05, 4.69) is 5.32 Å². The summed E-state index contributed by atoms with van der Waals surface area (Å²) in [7, 11) is 0. The minimum absolute atomic E-state index is 0.172. The first-order valence-electron chi connectivity index (χ1n) is 7.38. The Kier molecular flexibility index (Phi) is 4.15. The van der Waals surface area contributed by atoms with Crippen LogP contribution in [0.3, 0.4) is 0 Å². The van der Waals surface area contributed by atoms with E-state index < -0.39 is 0 Å². The van der Waals surface area contributed by atoms with E-state index in [4.69, 9.17) is 14.7 Å². The van der Waals surface area contributed by atoms with E-state index in [9.17, 15) is 4.79 Å². The lowest BCUT2D eigenvalue weighted by Crippen LogP contribution is -2.26. The Morgan fingerprint density at radius 3 is 2.52 bits per heavy atom. The number of hydrogen-bond acceptors (Lipinski definition) is 4. The normalized spacial score (nSPS) is 13.7. The van der Waals surface area contributed by atoms with Gasteiger partial charge in [-0.1, -0.05) is 6.07 Å². The van der Waals surface area contributed by atoms with Gasteiger partial charge < -0.3 is 14.8 Å².